The Morgan fingerprint density at radius 3 is 2.10 bits per heavy atom. The number of aliphatic hydroxyl groups is 2. The Kier molecular flexibility index (Phi) is 8.32. The normalized spacial score (nSPS) is 15.6. The van der Waals surface area contributed by atoms with Gasteiger partial charge in [0.15, 0.2) is 0 Å². The van der Waals surface area contributed by atoms with Crippen LogP contribution in [0.1, 0.15) is 36.0 Å². The molecule has 2 aromatic rings. The van der Waals surface area contributed by atoms with Crippen molar-refractivity contribution >= 4 is 23.4 Å². The van der Waals surface area contributed by atoms with Gasteiger partial charge < -0.3 is 15.9 Å². The summed E-state index contributed by atoms with van der Waals surface area (Å²) in [6.07, 6.45) is -10.7. The molecule has 3 unspecified atom stereocenters. The fraction of sp³-hybridized carbons (Fsp3) is 0.400. The molecule has 0 aliphatic carbocycles. The van der Waals surface area contributed by atoms with E-state index in [-0.39, 0.29) is 29.9 Å². The summed E-state index contributed by atoms with van der Waals surface area (Å²) in [5.74, 6) is -0.152. The largest absolute Gasteiger partial charge is 0.417 e. The van der Waals surface area contributed by atoms with E-state index >= 15 is 0 Å². The SMILES string of the molecule is CC(CC(O)C(N)CO)c1ccc(Sc2cc(C(F)(F)F)cc(C(F)(F)F)c2Cl)cc1. The summed E-state index contributed by atoms with van der Waals surface area (Å²) in [6, 6.07) is 6.18. The molecule has 0 fully saturated rings. The molecule has 31 heavy (non-hydrogen) atoms. The maximum absolute atomic E-state index is 13.2. The Bertz CT molecular complexity index is 889. The van der Waals surface area contributed by atoms with Crippen molar-refractivity contribution in [2.75, 3.05) is 6.61 Å². The van der Waals surface area contributed by atoms with Crippen molar-refractivity contribution in [1.29, 1.82) is 0 Å². The van der Waals surface area contributed by atoms with E-state index in [2.05, 4.69) is 0 Å². The predicted octanol–water partition coefficient (Wildman–Crippen LogP) is 5.70. The van der Waals surface area contributed by atoms with Crippen LogP contribution in [0.5, 0.6) is 0 Å². The minimum absolute atomic E-state index is 0.000426. The Hall–Kier alpha value is -1.46. The van der Waals surface area contributed by atoms with Crippen molar-refractivity contribution in [3.05, 3.63) is 58.1 Å². The summed E-state index contributed by atoms with van der Waals surface area (Å²) in [6.45, 7) is 1.44. The third kappa shape index (κ3) is 6.76. The van der Waals surface area contributed by atoms with E-state index in [1.165, 1.54) is 0 Å². The number of nitrogens with two attached hydrogens (primary N) is 1. The third-order valence-electron chi connectivity index (χ3n) is 4.65. The molecule has 0 heterocycles. The molecule has 2 aromatic carbocycles. The highest BCUT2D eigenvalue weighted by atomic mass is 35.5. The van der Waals surface area contributed by atoms with Crippen LogP contribution in [-0.4, -0.2) is 29.0 Å². The number of benzene rings is 2. The second-order valence-corrected chi connectivity index (χ2v) is 8.55. The van der Waals surface area contributed by atoms with Gasteiger partial charge >= 0.3 is 12.4 Å². The molecule has 2 rings (SSSR count). The molecule has 0 radical (unpaired) electrons. The Morgan fingerprint density at radius 2 is 1.61 bits per heavy atom. The van der Waals surface area contributed by atoms with Gasteiger partial charge in [0, 0.05) is 9.79 Å². The van der Waals surface area contributed by atoms with Gasteiger partial charge in [-0.3, -0.25) is 0 Å². The lowest BCUT2D eigenvalue weighted by Gasteiger charge is -2.21. The van der Waals surface area contributed by atoms with Gasteiger partial charge in [0.05, 0.1) is 34.9 Å². The van der Waals surface area contributed by atoms with Gasteiger partial charge in [-0.1, -0.05) is 42.4 Å². The molecule has 11 heteroatoms. The molecule has 4 N–H and O–H groups in total. The standard InChI is InChI=1S/C20H20ClF6NO2S/c1-10(6-16(30)15(28)9-29)11-2-4-13(5-3-11)31-17-8-12(19(22,23)24)7-14(18(17)21)20(25,26)27/h2-5,7-8,10,15-16,29-30H,6,9,28H2,1H3. The van der Waals surface area contributed by atoms with Crippen LogP contribution < -0.4 is 5.73 Å². The number of halogens is 7. The predicted molar refractivity (Wildman–Crippen MR) is 106 cm³/mol. The molecule has 3 nitrogen and oxygen atoms in total. The van der Waals surface area contributed by atoms with Crippen molar-refractivity contribution < 1.29 is 36.6 Å². The first kappa shape index (κ1) is 25.8. The van der Waals surface area contributed by atoms with Crippen LogP contribution in [0.3, 0.4) is 0 Å². The van der Waals surface area contributed by atoms with Gasteiger partial charge in [-0.25, -0.2) is 0 Å². The molecule has 0 amide bonds. The van der Waals surface area contributed by atoms with E-state index in [9.17, 15) is 31.4 Å². The summed E-state index contributed by atoms with van der Waals surface area (Å²) in [5, 5.41) is 18.1. The van der Waals surface area contributed by atoms with Gasteiger partial charge in [0.2, 0.25) is 0 Å². The summed E-state index contributed by atoms with van der Waals surface area (Å²) < 4.78 is 78.7. The zero-order chi connectivity index (χ0) is 23.6. The molecule has 0 aliphatic heterocycles. The van der Waals surface area contributed by atoms with E-state index in [0.29, 0.717) is 22.7 Å². The smallest absolute Gasteiger partial charge is 0.395 e. The van der Waals surface area contributed by atoms with E-state index < -0.39 is 40.6 Å². The first-order valence-electron chi connectivity index (χ1n) is 9.04. The van der Waals surface area contributed by atoms with E-state index in [0.717, 1.165) is 5.56 Å². The van der Waals surface area contributed by atoms with Gasteiger partial charge in [0.1, 0.15) is 0 Å². The molecular weight excluding hydrogens is 468 g/mol. The van der Waals surface area contributed by atoms with Gasteiger partial charge in [0.25, 0.3) is 0 Å². The lowest BCUT2D eigenvalue weighted by atomic mass is 9.93. The molecule has 0 aliphatic rings. The molecule has 0 spiro atoms. The number of aliphatic hydroxyl groups excluding tert-OH is 2. The minimum atomic E-state index is -5.04. The number of alkyl halides is 6. The molecule has 0 saturated heterocycles. The van der Waals surface area contributed by atoms with Gasteiger partial charge in [-0.2, -0.15) is 26.3 Å². The number of hydrogen-bond acceptors (Lipinski definition) is 4. The van der Waals surface area contributed by atoms with E-state index in [4.69, 9.17) is 22.4 Å². The summed E-state index contributed by atoms with van der Waals surface area (Å²) in [5.41, 5.74) is 3.37. The maximum Gasteiger partial charge on any atom is 0.417 e. The van der Waals surface area contributed by atoms with Gasteiger partial charge in [-0.15, -0.1) is 0 Å². The first-order chi connectivity index (χ1) is 14.2. The van der Waals surface area contributed by atoms with Crippen LogP contribution >= 0.6 is 23.4 Å². The van der Waals surface area contributed by atoms with Crippen molar-refractivity contribution in [3.8, 4) is 0 Å². The summed E-state index contributed by atoms with van der Waals surface area (Å²) >= 11 is 6.46. The van der Waals surface area contributed by atoms with Crippen molar-refractivity contribution in [2.24, 2.45) is 5.73 Å². The summed E-state index contributed by atoms with van der Waals surface area (Å²) in [4.78, 5) is 0.0202. The van der Waals surface area contributed by atoms with Crippen LogP contribution in [-0.2, 0) is 12.4 Å². The fourth-order valence-corrected chi connectivity index (χ4v) is 4.07. The third-order valence-corrected chi connectivity index (χ3v) is 6.22. The highest BCUT2D eigenvalue weighted by Gasteiger charge is 2.39. The molecule has 172 valence electrons. The quantitative estimate of drug-likeness (QED) is 0.438. The van der Waals surface area contributed by atoms with Crippen LogP contribution in [0.4, 0.5) is 26.3 Å². The van der Waals surface area contributed by atoms with Crippen molar-refractivity contribution in [3.63, 3.8) is 0 Å². The topological polar surface area (TPSA) is 66.5 Å². The summed E-state index contributed by atoms with van der Waals surface area (Å²) in [7, 11) is 0. The first-order valence-corrected chi connectivity index (χ1v) is 10.2. The van der Waals surface area contributed by atoms with Crippen LogP contribution in [0.2, 0.25) is 5.02 Å². The average Bonchev–Trinajstić information content (AvgIpc) is 2.67. The molecule has 3 atom stereocenters. The zero-order valence-electron chi connectivity index (χ0n) is 16.1. The van der Waals surface area contributed by atoms with Crippen LogP contribution in [0.15, 0.2) is 46.2 Å². The second-order valence-electron chi connectivity index (χ2n) is 7.05. The molecule has 0 bridgehead atoms. The second kappa shape index (κ2) is 9.99. The Morgan fingerprint density at radius 1 is 1.03 bits per heavy atom. The molecular formula is C20H20ClF6NO2S. The highest BCUT2D eigenvalue weighted by molar-refractivity contribution is 7.99. The lowest BCUT2D eigenvalue weighted by molar-refractivity contribution is -0.143. The van der Waals surface area contributed by atoms with E-state index in [1.54, 1.807) is 24.3 Å². The zero-order valence-corrected chi connectivity index (χ0v) is 17.7. The van der Waals surface area contributed by atoms with Gasteiger partial charge in [-0.05, 0) is 42.2 Å². The number of hydrogen-bond donors (Lipinski definition) is 3. The van der Waals surface area contributed by atoms with Crippen molar-refractivity contribution in [2.45, 2.75) is 53.6 Å². The highest BCUT2D eigenvalue weighted by Crippen LogP contribution is 2.45. The minimum Gasteiger partial charge on any atom is -0.395 e. The molecule has 0 aromatic heterocycles. The monoisotopic (exact) mass is 487 g/mol. The van der Waals surface area contributed by atoms with Crippen LogP contribution in [0, 0.1) is 0 Å². The van der Waals surface area contributed by atoms with Crippen LogP contribution in [0.25, 0.3) is 0 Å². The Labute approximate surface area is 184 Å². The average molecular weight is 488 g/mol. The Balaban J connectivity index is 2.28. The van der Waals surface area contributed by atoms with E-state index in [1.807, 2.05) is 6.92 Å². The molecule has 0 saturated carbocycles. The fourth-order valence-electron chi connectivity index (χ4n) is 2.83. The maximum atomic E-state index is 13.2. The number of rotatable bonds is 7. The lowest BCUT2D eigenvalue weighted by Crippen LogP contribution is -2.38. The van der Waals surface area contributed by atoms with Crippen molar-refractivity contribution in [1.82, 2.24) is 0 Å².